The van der Waals surface area contributed by atoms with Gasteiger partial charge in [-0.25, -0.2) is 0 Å². The average molecular weight is 867 g/mol. The summed E-state index contributed by atoms with van der Waals surface area (Å²) in [4.78, 5) is 0. The van der Waals surface area contributed by atoms with E-state index in [0.717, 1.165) is 100 Å². The van der Waals surface area contributed by atoms with Crippen molar-refractivity contribution in [2.75, 3.05) is 0 Å². The molecule has 0 radical (unpaired) electrons. The van der Waals surface area contributed by atoms with Crippen LogP contribution in [0.1, 0.15) is 33.4 Å². The molecule has 5 heteroatoms. The van der Waals surface area contributed by atoms with E-state index in [4.69, 9.17) is 13.6 Å². The maximum absolute atomic E-state index is 16.2. The average Bonchev–Trinajstić information content (AvgIpc) is 3.29. The minimum absolute atomic E-state index is 0.359. The molecule has 9 aromatic carbocycles. The van der Waals surface area contributed by atoms with E-state index in [0.29, 0.717) is 17.2 Å². The summed E-state index contributed by atoms with van der Waals surface area (Å²) >= 11 is 0. The molecule has 65 heavy (non-hydrogen) atoms. The number of phosphoric acid groups is 1. The lowest BCUT2D eigenvalue weighted by molar-refractivity contribution is 0.299. The molecule has 0 unspecified atom stereocenters. The van der Waals surface area contributed by atoms with E-state index < -0.39 is 7.82 Å². The normalized spacial score (nSPS) is 11.3. The van der Waals surface area contributed by atoms with Crippen LogP contribution >= 0.6 is 7.82 Å². The molecule has 0 fully saturated rings. The summed E-state index contributed by atoms with van der Waals surface area (Å²) in [5.41, 5.74) is 17.9. The van der Waals surface area contributed by atoms with E-state index >= 15 is 4.57 Å². The Morgan fingerprint density at radius 2 is 0.477 bits per heavy atom. The van der Waals surface area contributed by atoms with Gasteiger partial charge in [-0.15, -0.1) is 0 Å². The monoisotopic (exact) mass is 866 g/mol. The largest absolute Gasteiger partial charge is 0.647 e. The Morgan fingerprint density at radius 1 is 0.262 bits per heavy atom. The summed E-state index contributed by atoms with van der Waals surface area (Å²) in [7, 11) is -4.65. The standard InChI is InChI=1S/C60H51O4P/c1-40-13-7-19-46(31-40)49-25-28-58(55(37-49)52-22-10-16-43(4)34-52)62-65(61,63-59-29-26-50(47-20-8-14-41(2)32-47)38-56(59)53-23-11-17-44(5)35-53)64-60-30-27-51(48-21-9-15-42(3)33-48)39-57(60)54-24-12-18-45(6)36-54/h7-39H,1-6H3. The first kappa shape index (κ1) is 42.9. The first-order valence-corrected chi connectivity index (χ1v) is 23.4. The highest BCUT2D eigenvalue weighted by molar-refractivity contribution is 7.49. The Hall–Kier alpha value is -7.39. The second-order valence-electron chi connectivity index (χ2n) is 17.1. The van der Waals surface area contributed by atoms with Crippen molar-refractivity contribution in [1.82, 2.24) is 0 Å². The number of aryl methyl sites for hydroxylation is 6. The molecule has 0 saturated heterocycles. The van der Waals surface area contributed by atoms with Gasteiger partial charge in [-0.3, -0.25) is 0 Å². The lowest BCUT2D eigenvalue weighted by Gasteiger charge is -2.24. The molecule has 0 atom stereocenters. The van der Waals surface area contributed by atoms with Crippen LogP contribution in [0.2, 0.25) is 0 Å². The third-order valence-electron chi connectivity index (χ3n) is 11.6. The summed E-state index contributed by atoms with van der Waals surface area (Å²) in [5.74, 6) is 1.08. The van der Waals surface area contributed by atoms with Crippen LogP contribution in [0.25, 0.3) is 66.8 Å². The van der Waals surface area contributed by atoms with Gasteiger partial charge < -0.3 is 13.6 Å². The van der Waals surface area contributed by atoms with Gasteiger partial charge in [-0.1, -0.05) is 197 Å². The zero-order chi connectivity index (χ0) is 45.1. The van der Waals surface area contributed by atoms with Crippen LogP contribution in [0.5, 0.6) is 17.2 Å². The van der Waals surface area contributed by atoms with Gasteiger partial charge in [-0.05, 0) is 128 Å². The first-order chi connectivity index (χ1) is 31.4. The summed E-state index contributed by atoms with van der Waals surface area (Å²) < 4.78 is 36.8. The summed E-state index contributed by atoms with van der Waals surface area (Å²) in [6.07, 6.45) is 0. The Labute approximate surface area is 383 Å². The molecule has 0 saturated carbocycles. The molecule has 0 aliphatic rings. The number of hydrogen-bond acceptors (Lipinski definition) is 4. The van der Waals surface area contributed by atoms with E-state index in [1.807, 2.05) is 72.8 Å². The van der Waals surface area contributed by atoms with Crippen molar-refractivity contribution in [2.24, 2.45) is 0 Å². The van der Waals surface area contributed by atoms with Crippen molar-refractivity contribution in [3.63, 3.8) is 0 Å². The quantitative estimate of drug-likeness (QED) is 0.115. The van der Waals surface area contributed by atoms with E-state index in [9.17, 15) is 0 Å². The number of phosphoric ester groups is 1. The smallest absolute Gasteiger partial charge is 0.385 e. The van der Waals surface area contributed by atoms with E-state index in [-0.39, 0.29) is 0 Å². The SMILES string of the molecule is Cc1cccc(-c2ccc(OP(=O)(Oc3ccc(-c4cccc(C)c4)cc3-c3cccc(C)c3)Oc3ccc(-c4cccc(C)c4)cc3-c3cccc(C)c3)c(-c3cccc(C)c3)c2)c1. The van der Waals surface area contributed by atoms with E-state index in [1.165, 1.54) is 0 Å². The van der Waals surface area contributed by atoms with Gasteiger partial charge in [0, 0.05) is 16.7 Å². The van der Waals surface area contributed by atoms with Crippen LogP contribution in [-0.4, -0.2) is 0 Å². The van der Waals surface area contributed by atoms with Crippen LogP contribution < -0.4 is 13.6 Å². The molecule has 320 valence electrons. The van der Waals surface area contributed by atoms with Crippen LogP contribution in [0, 0.1) is 41.5 Å². The predicted octanol–water partition coefficient (Wildman–Crippen LogP) is 17.2. The molecule has 0 aliphatic heterocycles. The molecular formula is C60H51O4P. The van der Waals surface area contributed by atoms with Crippen molar-refractivity contribution < 1.29 is 18.1 Å². The van der Waals surface area contributed by atoms with Gasteiger partial charge in [0.25, 0.3) is 0 Å². The van der Waals surface area contributed by atoms with Crippen molar-refractivity contribution in [1.29, 1.82) is 0 Å². The Bertz CT molecular complexity index is 2910. The third-order valence-corrected chi connectivity index (χ3v) is 12.9. The highest BCUT2D eigenvalue weighted by Gasteiger charge is 2.36. The van der Waals surface area contributed by atoms with Gasteiger partial charge in [0.1, 0.15) is 17.2 Å². The van der Waals surface area contributed by atoms with Crippen LogP contribution in [0.3, 0.4) is 0 Å². The minimum atomic E-state index is -4.65. The van der Waals surface area contributed by atoms with Gasteiger partial charge in [-0.2, -0.15) is 4.57 Å². The zero-order valence-electron chi connectivity index (χ0n) is 37.6. The van der Waals surface area contributed by atoms with Crippen LogP contribution in [0.15, 0.2) is 200 Å². The van der Waals surface area contributed by atoms with E-state index in [1.54, 1.807) is 0 Å². The van der Waals surface area contributed by atoms with Crippen LogP contribution in [0.4, 0.5) is 0 Å². The fourth-order valence-electron chi connectivity index (χ4n) is 8.37. The first-order valence-electron chi connectivity index (χ1n) is 22.0. The van der Waals surface area contributed by atoms with Gasteiger partial charge >= 0.3 is 7.82 Å². The Kier molecular flexibility index (Phi) is 12.1. The fourth-order valence-corrected chi connectivity index (χ4v) is 9.69. The lowest BCUT2D eigenvalue weighted by Crippen LogP contribution is -2.09. The Morgan fingerprint density at radius 3 is 0.723 bits per heavy atom. The van der Waals surface area contributed by atoms with E-state index in [2.05, 4.69) is 169 Å². The maximum atomic E-state index is 16.2. The highest BCUT2D eigenvalue weighted by atomic mass is 31.2. The maximum Gasteiger partial charge on any atom is 0.647 e. The highest BCUT2D eigenvalue weighted by Crippen LogP contribution is 2.55. The molecule has 4 nitrogen and oxygen atoms in total. The number of benzene rings is 9. The molecule has 0 aromatic heterocycles. The number of hydrogen-bond donors (Lipinski definition) is 0. The van der Waals surface area contributed by atoms with Crippen molar-refractivity contribution in [2.45, 2.75) is 41.5 Å². The molecule has 0 N–H and O–H groups in total. The third kappa shape index (κ3) is 9.90. The molecule has 0 amide bonds. The predicted molar refractivity (Wildman–Crippen MR) is 270 cm³/mol. The second-order valence-corrected chi connectivity index (χ2v) is 18.5. The lowest BCUT2D eigenvalue weighted by atomic mass is 9.96. The zero-order valence-corrected chi connectivity index (χ0v) is 38.5. The molecule has 0 heterocycles. The summed E-state index contributed by atoms with van der Waals surface area (Å²) in [6.45, 7) is 12.4. The van der Waals surface area contributed by atoms with Gasteiger partial charge in [0.15, 0.2) is 0 Å². The summed E-state index contributed by atoms with van der Waals surface area (Å²) in [5, 5.41) is 0. The number of rotatable bonds is 12. The van der Waals surface area contributed by atoms with Crippen molar-refractivity contribution in [3.05, 3.63) is 234 Å². The van der Waals surface area contributed by atoms with Gasteiger partial charge in [0.2, 0.25) is 0 Å². The molecule has 0 spiro atoms. The van der Waals surface area contributed by atoms with Gasteiger partial charge in [0.05, 0.1) is 0 Å². The van der Waals surface area contributed by atoms with Crippen LogP contribution in [-0.2, 0) is 4.57 Å². The molecule has 9 aromatic rings. The molecule has 0 aliphatic carbocycles. The Balaban J connectivity index is 1.23. The molecule has 0 bridgehead atoms. The van der Waals surface area contributed by atoms with Crippen molar-refractivity contribution in [3.8, 4) is 84.0 Å². The van der Waals surface area contributed by atoms with Crippen molar-refractivity contribution >= 4 is 7.82 Å². The summed E-state index contributed by atoms with van der Waals surface area (Å²) in [6, 6.07) is 67.8. The second kappa shape index (κ2) is 18.4. The molecular weight excluding hydrogens is 816 g/mol. The fraction of sp³-hybridized carbons (Fsp3) is 0.100. The minimum Gasteiger partial charge on any atom is -0.385 e. The molecule has 9 rings (SSSR count). The topological polar surface area (TPSA) is 44.8 Å².